The topological polar surface area (TPSA) is 231 Å². The van der Waals surface area contributed by atoms with Gasteiger partial charge >= 0.3 is 33.6 Å². The lowest BCUT2D eigenvalue weighted by Crippen LogP contribution is -2.30. The average molecular weight is 1320 g/mol. The highest BCUT2D eigenvalue weighted by Crippen LogP contribution is 2.45. The maximum absolute atomic E-state index is 12.9. The quantitative estimate of drug-likeness (QED) is 0.0146. The zero-order valence-corrected chi connectivity index (χ0v) is 58.5. The Labute approximate surface area is 551 Å². The molecule has 0 aliphatic carbocycles. The van der Waals surface area contributed by atoms with Crippen LogP contribution in [0.1, 0.15) is 278 Å². The van der Waals surface area contributed by atoms with Crippen molar-refractivity contribution in [3.63, 3.8) is 0 Å². The van der Waals surface area contributed by atoms with E-state index in [0.29, 0.717) is 19.3 Å². The monoisotopic (exact) mass is 1320 g/mol. The molecule has 524 valence electrons. The molecule has 0 heterocycles. The Hall–Kier alpha value is -3.79. The molecule has 0 aliphatic rings. The van der Waals surface area contributed by atoms with E-state index in [1.165, 1.54) is 70.6 Å². The van der Waals surface area contributed by atoms with Crippen LogP contribution in [0.3, 0.4) is 0 Å². The van der Waals surface area contributed by atoms with Crippen molar-refractivity contribution in [2.24, 2.45) is 0 Å². The van der Waals surface area contributed by atoms with E-state index < -0.39 is 91.5 Å². The molecule has 91 heavy (non-hydrogen) atoms. The molecule has 4 N–H and O–H groups in total. The van der Waals surface area contributed by atoms with Crippen molar-refractivity contribution in [3.05, 3.63) is 109 Å². The summed E-state index contributed by atoms with van der Waals surface area (Å²) < 4.78 is 60.9. The molecule has 0 aromatic rings. The molecule has 16 nitrogen and oxygen atoms in total. The minimum absolute atomic E-state index is 0.0829. The maximum atomic E-state index is 12.9. The summed E-state index contributed by atoms with van der Waals surface area (Å²) in [5.41, 5.74) is 0. The van der Waals surface area contributed by atoms with Gasteiger partial charge in [0.1, 0.15) is 25.4 Å². The van der Waals surface area contributed by atoms with E-state index in [0.717, 1.165) is 148 Å². The minimum atomic E-state index is -4.93. The maximum Gasteiger partial charge on any atom is 0.472 e. The van der Waals surface area contributed by atoms with E-state index in [2.05, 4.69) is 130 Å². The van der Waals surface area contributed by atoms with Gasteiger partial charge in [-0.2, -0.15) is 0 Å². The molecule has 0 aromatic carbocycles. The molecule has 0 saturated carbocycles. The van der Waals surface area contributed by atoms with Crippen LogP contribution < -0.4 is 0 Å². The van der Waals surface area contributed by atoms with Gasteiger partial charge in [0, 0.05) is 19.3 Å². The first-order chi connectivity index (χ1) is 44.2. The summed E-state index contributed by atoms with van der Waals surface area (Å²) in [5.74, 6) is -1.62. The number of carbonyl (C=O) groups excluding carboxylic acids is 3. The predicted octanol–water partition coefficient (Wildman–Crippen LogP) is 19.6. The van der Waals surface area contributed by atoms with Crippen LogP contribution in [0.2, 0.25) is 0 Å². The Balaban J connectivity index is 4.58. The molecular weight excluding hydrogens is 1190 g/mol. The van der Waals surface area contributed by atoms with Crippen molar-refractivity contribution >= 4 is 33.6 Å². The summed E-state index contributed by atoms with van der Waals surface area (Å²) in [6.45, 7) is 2.46. The summed E-state index contributed by atoms with van der Waals surface area (Å²) in [7, 11) is -9.79. The second-order valence-corrected chi connectivity index (χ2v) is 26.2. The van der Waals surface area contributed by atoms with Gasteiger partial charge in [-0.1, -0.05) is 239 Å². The fourth-order valence-corrected chi connectivity index (χ4v) is 10.7. The van der Waals surface area contributed by atoms with E-state index in [1.807, 2.05) is 0 Å². The van der Waals surface area contributed by atoms with Gasteiger partial charge in [0.15, 0.2) is 6.10 Å². The van der Waals surface area contributed by atoms with Gasteiger partial charge in [0.2, 0.25) is 0 Å². The second-order valence-electron chi connectivity index (χ2n) is 23.3. The Morgan fingerprint density at radius 2 is 0.582 bits per heavy atom. The fourth-order valence-electron chi connectivity index (χ4n) is 9.07. The number of allylic oxidation sites excluding steroid dienone is 18. The van der Waals surface area contributed by atoms with E-state index in [-0.39, 0.29) is 19.3 Å². The van der Waals surface area contributed by atoms with E-state index in [4.69, 9.17) is 32.3 Å². The number of unbranched alkanes of at least 4 members (excludes halogenated alkanes) is 25. The van der Waals surface area contributed by atoms with Crippen LogP contribution in [-0.4, -0.2) is 95.9 Å². The molecule has 0 amide bonds. The molecule has 0 bridgehead atoms. The lowest BCUT2D eigenvalue weighted by molar-refractivity contribution is -0.161. The molecule has 18 heteroatoms. The van der Waals surface area contributed by atoms with E-state index >= 15 is 0 Å². The first-order valence-electron chi connectivity index (χ1n) is 35.2. The summed E-state index contributed by atoms with van der Waals surface area (Å²) in [5, 5.41) is 20.6. The summed E-state index contributed by atoms with van der Waals surface area (Å²) in [6.07, 6.45) is 74.2. The Kier molecular flexibility index (Phi) is 63.5. The predicted molar refractivity (Wildman–Crippen MR) is 371 cm³/mol. The van der Waals surface area contributed by atoms with E-state index in [1.54, 1.807) is 0 Å². The van der Waals surface area contributed by atoms with Crippen molar-refractivity contribution in [2.75, 3.05) is 39.6 Å². The Morgan fingerprint density at radius 3 is 0.923 bits per heavy atom. The van der Waals surface area contributed by atoms with Gasteiger partial charge in [0.25, 0.3) is 0 Å². The van der Waals surface area contributed by atoms with Crippen LogP contribution in [0.25, 0.3) is 0 Å². The Bertz CT molecular complexity index is 2100. The smallest absolute Gasteiger partial charge is 0.463 e. The third-order valence-electron chi connectivity index (χ3n) is 14.5. The van der Waals surface area contributed by atoms with Crippen molar-refractivity contribution in [1.29, 1.82) is 0 Å². The fraction of sp³-hybridized carbons (Fsp3) is 0.712. The lowest BCUT2D eigenvalue weighted by Gasteiger charge is -2.21. The minimum Gasteiger partial charge on any atom is -0.463 e. The van der Waals surface area contributed by atoms with Crippen LogP contribution in [0.4, 0.5) is 0 Å². The van der Waals surface area contributed by atoms with Crippen LogP contribution in [0, 0.1) is 0 Å². The number of hydrogen-bond donors (Lipinski definition) is 4. The van der Waals surface area contributed by atoms with Gasteiger partial charge in [0.05, 0.1) is 26.4 Å². The molecule has 0 spiro atoms. The van der Waals surface area contributed by atoms with Crippen LogP contribution in [0.5, 0.6) is 0 Å². The summed E-state index contributed by atoms with van der Waals surface area (Å²) in [4.78, 5) is 58.4. The largest absolute Gasteiger partial charge is 0.472 e. The number of aliphatic hydroxyl groups excluding tert-OH is 2. The lowest BCUT2D eigenvalue weighted by atomic mass is 10.1. The van der Waals surface area contributed by atoms with E-state index in [9.17, 15) is 43.5 Å². The first-order valence-corrected chi connectivity index (χ1v) is 38.2. The van der Waals surface area contributed by atoms with Crippen molar-refractivity contribution in [2.45, 2.75) is 296 Å². The van der Waals surface area contributed by atoms with Crippen molar-refractivity contribution in [1.82, 2.24) is 0 Å². The Morgan fingerprint density at radius 1 is 0.319 bits per heavy atom. The number of ether oxygens (including phenoxy) is 3. The van der Waals surface area contributed by atoms with Gasteiger partial charge in [-0.05, 0) is 128 Å². The number of hydrogen-bond acceptors (Lipinski definition) is 14. The molecule has 0 aliphatic heterocycles. The molecule has 0 fully saturated rings. The highest BCUT2D eigenvalue weighted by molar-refractivity contribution is 7.47. The molecule has 0 rings (SSSR count). The number of rotatable bonds is 66. The van der Waals surface area contributed by atoms with Crippen LogP contribution >= 0.6 is 15.6 Å². The molecule has 0 saturated heterocycles. The molecule has 0 radical (unpaired) electrons. The number of phosphoric ester groups is 2. The normalized spacial score (nSPS) is 14.8. The second kappa shape index (κ2) is 66.2. The van der Waals surface area contributed by atoms with Gasteiger partial charge < -0.3 is 34.2 Å². The molecule has 0 aromatic heterocycles. The van der Waals surface area contributed by atoms with Gasteiger partial charge in [-0.15, -0.1) is 0 Å². The number of esters is 3. The number of phosphoric acid groups is 2. The highest BCUT2D eigenvalue weighted by atomic mass is 31.2. The summed E-state index contributed by atoms with van der Waals surface area (Å²) in [6, 6.07) is 0. The van der Waals surface area contributed by atoms with Crippen molar-refractivity contribution < 1.29 is 75.8 Å². The first kappa shape index (κ1) is 87.2. The van der Waals surface area contributed by atoms with Gasteiger partial charge in [-0.3, -0.25) is 32.5 Å². The highest BCUT2D eigenvalue weighted by Gasteiger charge is 2.29. The third-order valence-corrected chi connectivity index (χ3v) is 16.4. The third kappa shape index (κ3) is 67.4. The zero-order chi connectivity index (χ0) is 66.7. The van der Waals surface area contributed by atoms with Crippen molar-refractivity contribution in [3.8, 4) is 0 Å². The standard InChI is InChI=1S/C73H126O16P2/c1-4-7-10-13-16-19-22-25-28-29-30-31-32-33-34-35-36-37-40-42-44-47-50-53-56-59-71(76)83-62-68(74)63-85-90(79,80)86-64-69(75)65-87-91(81,82)88-67-70(89-73(78)61-58-55-52-49-46-43-39-27-24-21-18-15-12-9-6-3)66-84-72(77)60-57-54-51-48-45-41-38-26-23-20-17-14-11-8-5-2/h8,11,16-21,25-28,30-31,33-34,38-39,68-70,74-75H,4-7,9-10,12-15,22-24,29,32,35-37,40-67H2,1-3H3,(H,79,80)(H,81,82)/b11-8-,19-16-,20-17-,21-18-,28-25-,31-30-,34-33-,38-26-,39-27-. The number of carbonyl (C=O) groups is 3. The number of aliphatic hydroxyl groups is 2. The SMILES string of the molecule is CC/C=C\C/C=C\C/C=C\CCCCCCCC(=O)OCC(COP(=O)(O)OCC(O)COP(=O)(O)OCC(O)COC(=O)CCCCCCCCCCC/C=C\C/C=C\C/C=C\C/C=C\CCCCC)OC(=O)CCCCCCC/C=C\C/C=C\CCCCC. The average Bonchev–Trinajstić information content (AvgIpc) is 3.30. The molecular formula is C73H126O16P2. The molecule has 5 unspecified atom stereocenters. The van der Waals surface area contributed by atoms with Crippen LogP contribution in [0.15, 0.2) is 109 Å². The zero-order valence-electron chi connectivity index (χ0n) is 56.7. The van der Waals surface area contributed by atoms with Crippen LogP contribution in [-0.2, 0) is 55.8 Å². The molecule has 5 atom stereocenters. The van der Waals surface area contributed by atoms with Gasteiger partial charge in [-0.25, -0.2) is 9.13 Å². The summed E-state index contributed by atoms with van der Waals surface area (Å²) >= 11 is 0.